The number of ether oxygens (including phenoxy) is 1. The second-order valence-corrected chi connectivity index (χ2v) is 7.90. The van der Waals surface area contributed by atoms with Crippen molar-refractivity contribution >= 4 is 51.5 Å². The van der Waals surface area contributed by atoms with E-state index in [-0.39, 0.29) is 46.3 Å². The van der Waals surface area contributed by atoms with E-state index in [0.717, 1.165) is 11.4 Å². The summed E-state index contributed by atoms with van der Waals surface area (Å²) >= 11 is 9.42. The molecule has 8 heteroatoms. The Bertz CT molecular complexity index is 844. The fourth-order valence-corrected chi connectivity index (χ4v) is 4.96. The average molecular weight is 438 g/mol. The Balaban J connectivity index is 1.57. The maximum Gasteiger partial charge on any atom is 0.308 e. The number of allylic oxidation sites excluding steroid dienone is 2. The number of esters is 1. The van der Waals surface area contributed by atoms with Crippen LogP contribution in [0.1, 0.15) is 18.9 Å². The highest BCUT2D eigenvalue weighted by atomic mass is 79.9. The van der Waals surface area contributed by atoms with Crippen LogP contribution >= 0.6 is 27.5 Å². The minimum absolute atomic E-state index is 0.147. The molecule has 4 rings (SSSR count). The summed E-state index contributed by atoms with van der Waals surface area (Å²) in [6.45, 7) is 1.28. The van der Waals surface area contributed by atoms with Crippen LogP contribution in [0.3, 0.4) is 0 Å². The van der Waals surface area contributed by atoms with Crippen molar-refractivity contribution in [3.8, 4) is 5.75 Å². The van der Waals surface area contributed by atoms with E-state index in [9.17, 15) is 14.4 Å². The molecule has 0 spiro atoms. The summed E-state index contributed by atoms with van der Waals surface area (Å²) in [5, 5.41) is 5.29. The number of hydrogen-bond donors (Lipinski definition) is 0. The smallest absolute Gasteiger partial charge is 0.308 e. The van der Waals surface area contributed by atoms with Crippen molar-refractivity contribution in [2.75, 3.05) is 0 Å². The van der Waals surface area contributed by atoms with Crippen molar-refractivity contribution in [3.05, 3.63) is 39.3 Å². The molecule has 1 heterocycles. The van der Waals surface area contributed by atoms with Crippen LogP contribution in [0.15, 0.2) is 33.9 Å². The minimum Gasteiger partial charge on any atom is -0.424 e. The van der Waals surface area contributed by atoms with Gasteiger partial charge in [0.15, 0.2) is 5.75 Å². The first-order valence-corrected chi connectivity index (χ1v) is 9.31. The highest BCUT2D eigenvalue weighted by Gasteiger charge is 2.59. The second-order valence-electron chi connectivity index (χ2n) is 6.64. The lowest BCUT2D eigenvalue weighted by atomic mass is 9.85. The molecular weight excluding hydrogens is 424 g/mol. The zero-order valence-electron chi connectivity index (χ0n) is 13.7. The lowest BCUT2D eigenvalue weighted by Crippen LogP contribution is -2.28. The number of rotatable bonds is 3. The molecule has 1 saturated carbocycles. The zero-order chi connectivity index (χ0) is 18.6. The normalized spacial score (nSPS) is 29.1. The topological polar surface area (TPSA) is 76.0 Å². The van der Waals surface area contributed by atoms with Gasteiger partial charge in [-0.25, -0.2) is 0 Å². The van der Waals surface area contributed by atoms with Crippen LogP contribution in [-0.2, 0) is 14.4 Å². The summed E-state index contributed by atoms with van der Waals surface area (Å²) in [6, 6.07) is 3.19. The van der Waals surface area contributed by atoms with Crippen LogP contribution in [0, 0.1) is 23.7 Å². The molecule has 0 N–H and O–H groups in total. The van der Waals surface area contributed by atoms with Crippen molar-refractivity contribution in [1.29, 1.82) is 0 Å². The van der Waals surface area contributed by atoms with Gasteiger partial charge in [0.05, 0.1) is 27.5 Å². The number of hydrazone groups is 1. The highest BCUT2D eigenvalue weighted by molar-refractivity contribution is 9.10. The summed E-state index contributed by atoms with van der Waals surface area (Å²) in [7, 11) is 0. The number of nitrogens with zero attached hydrogens (tertiary/aromatic N) is 2. The molecule has 1 aromatic carbocycles. The lowest BCUT2D eigenvalue weighted by Gasteiger charge is -2.13. The molecule has 0 unspecified atom stereocenters. The molecule has 0 aromatic heterocycles. The summed E-state index contributed by atoms with van der Waals surface area (Å²) in [5.41, 5.74) is 0.566. The Labute approximate surface area is 162 Å². The number of amides is 2. The van der Waals surface area contributed by atoms with Gasteiger partial charge >= 0.3 is 5.97 Å². The number of carbonyl (C=O) groups excluding carboxylic acids is 3. The molecular formula is C18H14BrClN2O4. The third kappa shape index (κ3) is 2.70. The third-order valence-electron chi connectivity index (χ3n) is 5.04. The Hall–Kier alpha value is -1.99. The Morgan fingerprint density at radius 3 is 2.42 bits per heavy atom. The van der Waals surface area contributed by atoms with Crippen molar-refractivity contribution < 1.29 is 19.1 Å². The first kappa shape index (κ1) is 17.4. The largest absolute Gasteiger partial charge is 0.424 e. The van der Waals surface area contributed by atoms with Gasteiger partial charge < -0.3 is 4.74 Å². The van der Waals surface area contributed by atoms with Crippen LogP contribution in [0.2, 0.25) is 5.02 Å². The van der Waals surface area contributed by atoms with Gasteiger partial charge in [-0.15, -0.1) is 0 Å². The molecule has 26 heavy (non-hydrogen) atoms. The van der Waals surface area contributed by atoms with E-state index in [2.05, 4.69) is 21.0 Å². The standard InChI is InChI=1S/C18H14BrClN2O4/c1-8(23)26-16-12(19)4-9(5-13(16)20)7-21-22-17(24)14-10-2-3-11(6-10)15(14)18(22)25/h2-5,7,10-11,14-15H,6H2,1H3/t10-,11-,14-,15+/m0/s1. The maximum absolute atomic E-state index is 12.6. The van der Waals surface area contributed by atoms with Gasteiger partial charge in [0.1, 0.15) is 0 Å². The van der Waals surface area contributed by atoms with Crippen molar-refractivity contribution in [3.63, 3.8) is 0 Å². The molecule has 2 bridgehead atoms. The van der Waals surface area contributed by atoms with Crippen molar-refractivity contribution in [1.82, 2.24) is 5.01 Å². The lowest BCUT2D eigenvalue weighted by molar-refractivity contribution is -0.140. The minimum atomic E-state index is -0.489. The van der Waals surface area contributed by atoms with Gasteiger partial charge in [0, 0.05) is 6.92 Å². The molecule has 4 atom stereocenters. The first-order valence-electron chi connectivity index (χ1n) is 8.14. The Morgan fingerprint density at radius 1 is 1.27 bits per heavy atom. The highest BCUT2D eigenvalue weighted by Crippen LogP contribution is 2.52. The number of halogens is 2. The van der Waals surface area contributed by atoms with E-state index in [1.807, 2.05) is 12.2 Å². The van der Waals surface area contributed by atoms with Gasteiger partial charge in [0.2, 0.25) is 0 Å². The monoisotopic (exact) mass is 436 g/mol. The van der Waals surface area contributed by atoms with Gasteiger partial charge in [-0.05, 0) is 51.9 Å². The fourth-order valence-electron chi connectivity index (χ4n) is 4.02. The molecule has 1 saturated heterocycles. The SMILES string of the molecule is CC(=O)Oc1c(Cl)cc(C=NN2C(=O)[C@@H]3[C@H](C2=O)[C@H]2C=C[C@H]3C2)cc1Br. The molecule has 1 aromatic rings. The van der Waals surface area contributed by atoms with Crippen LogP contribution in [0.4, 0.5) is 0 Å². The van der Waals surface area contributed by atoms with Crippen molar-refractivity contribution in [2.45, 2.75) is 13.3 Å². The van der Waals surface area contributed by atoms with E-state index >= 15 is 0 Å². The second kappa shape index (κ2) is 6.32. The number of fused-ring (bicyclic) bond motifs is 5. The number of carbonyl (C=O) groups is 3. The van der Waals surface area contributed by atoms with Crippen LogP contribution < -0.4 is 4.74 Å². The molecule has 1 aliphatic heterocycles. The van der Waals surface area contributed by atoms with E-state index in [1.54, 1.807) is 12.1 Å². The van der Waals surface area contributed by atoms with Gasteiger partial charge in [0.25, 0.3) is 11.8 Å². The fraction of sp³-hybridized carbons (Fsp3) is 0.333. The van der Waals surface area contributed by atoms with Gasteiger partial charge in [-0.2, -0.15) is 10.1 Å². The van der Waals surface area contributed by atoms with Crippen LogP contribution in [-0.4, -0.2) is 29.0 Å². The number of imide groups is 1. The first-order chi connectivity index (χ1) is 12.4. The van der Waals surface area contributed by atoms with E-state index in [4.69, 9.17) is 16.3 Å². The zero-order valence-corrected chi connectivity index (χ0v) is 16.0. The van der Waals surface area contributed by atoms with Crippen LogP contribution in [0.25, 0.3) is 0 Å². The van der Waals surface area contributed by atoms with Gasteiger partial charge in [-0.3, -0.25) is 14.4 Å². The molecule has 2 aliphatic carbocycles. The Kier molecular flexibility index (Phi) is 4.23. The molecule has 3 aliphatic rings. The predicted octanol–water partition coefficient (Wildman–Crippen LogP) is 3.17. The molecule has 134 valence electrons. The van der Waals surface area contributed by atoms with Crippen molar-refractivity contribution in [2.24, 2.45) is 28.8 Å². The predicted molar refractivity (Wildman–Crippen MR) is 97.6 cm³/mol. The third-order valence-corrected chi connectivity index (χ3v) is 5.91. The maximum atomic E-state index is 12.6. The summed E-state index contributed by atoms with van der Waals surface area (Å²) in [4.78, 5) is 36.3. The molecule has 6 nitrogen and oxygen atoms in total. The quantitative estimate of drug-likeness (QED) is 0.239. The Morgan fingerprint density at radius 2 is 1.88 bits per heavy atom. The van der Waals surface area contributed by atoms with E-state index in [0.29, 0.717) is 10.0 Å². The van der Waals surface area contributed by atoms with E-state index < -0.39 is 5.97 Å². The number of hydrogen-bond acceptors (Lipinski definition) is 5. The number of benzene rings is 1. The van der Waals surface area contributed by atoms with Gasteiger partial charge in [-0.1, -0.05) is 23.8 Å². The summed E-state index contributed by atoms with van der Waals surface area (Å²) < 4.78 is 5.51. The molecule has 2 amide bonds. The van der Waals surface area contributed by atoms with E-state index in [1.165, 1.54) is 13.1 Å². The summed E-state index contributed by atoms with van der Waals surface area (Å²) in [5.74, 6) is -1.03. The molecule has 0 radical (unpaired) electrons. The summed E-state index contributed by atoms with van der Waals surface area (Å²) in [6.07, 6.45) is 6.36. The average Bonchev–Trinajstić information content (AvgIpc) is 3.24. The van der Waals surface area contributed by atoms with Crippen LogP contribution in [0.5, 0.6) is 5.75 Å². The molecule has 2 fully saturated rings.